The summed E-state index contributed by atoms with van der Waals surface area (Å²) in [5.41, 5.74) is 0.332. The predicted molar refractivity (Wildman–Crippen MR) is 73.5 cm³/mol. The Hall–Kier alpha value is -1.59. The molecule has 1 aromatic rings. The highest BCUT2D eigenvalue weighted by atomic mass is 16.5. The first-order valence-electron chi connectivity index (χ1n) is 7.58. The van der Waals surface area contributed by atoms with Crippen molar-refractivity contribution in [3.05, 3.63) is 23.3 Å². The van der Waals surface area contributed by atoms with Gasteiger partial charge in [-0.2, -0.15) is 0 Å². The topological polar surface area (TPSA) is 78.8 Å². The normalized spacial score (nSPS) is 42.4. The summed E-state index contributed by atoms with van der Waals surface area (Å²) in [5.74, 6) is 0.542. The average molecular weight is 287 g/mol. The number of ether oxygens (including phenoxy) is 1. The molecule has 4 aliphatic rings. The highest BCUT2D eigenvalue weighted by Crippen LogP contribution is 2.63. The summed E-state index contributed by atoms with van der Waals surface area (Å²) in [5, 5.41) is 25.0. The Kier molecular flexibility index (Phi) is 1.95. The van der Waals surface area contributed by atoms with Gasteiger partial charge >= 0.3 is 0 Å². The van der Waals surface area contributed by atoms with Crippen molar-refractivity contribution in [3.63, 3.8) is 0 Å². The van der Waals surface area contributed by atoms with E-state index in [0.29, 0.717) is 31.4 Å². The molecule has 21 heavy (non-hydrogen) atoms. The van der Waals surface area contributed by atoms with Gasteiger partial charge in [-0.15, -0.1) is 0 Å². The van der Waals surface area contributed by atoms with Gasteiger partial charge in [-0.1, -0.05) is 6.07 Å². The van der Waals surface area contributed by atoms with E-state index in [1.54, 1.807) is 6.07 Å². The molecule has 1 saturated heterocycles. The van der Waals surface area contributed by atoms with Gasteiger partial charge in [0.1, 0.15) is 0 Å². The minimum absolute atomic E-state index is 0.0452. The summed E-state index contributed by atoms with van der Waals surface area (Å²) < 4.78 is 5.90. The highest BCUT2D eigenvalue weighted by molar-refractivity contribution is 5.90. The second-order valence-corrected chi connectivity index (χ2v) is 6.77. The van der Waals surface area contributed by atoms with Crippen LogP contribution in [-0.4, -0.2) is 40.3 Å². The fourth-order valence-corrected chi connectivity index (χ4v) is 5.22. The van der Waals surface area contributed by atoms with Gasteiger partial charge in [0.25, 0.3) is 0 Å². The largest absolute Gasteiger partial charge is 0.504 e. The first-order valence-corrected chi connectivity index (χ1v) is 7.58. The predicted octanol–water partition coefficient (Wildman–Crippen LogP) is 0.403. The minimum Gasteiger partial charge on any atom is -0.504 e. The number of rotatable bonds is 0. The van der Waals surface area contributed by atoms with Crippen molar-refractivity contribution in [2.75, 3.05) is 6.54 Å². The lowest BCUT2D eigenvalue weighted by atomic mass is 9.49. The first kappa shape index (κ1) is 12.0. The monoisotopic (exact) mass is 287 g/mol. The first-order chi connectivity index (χ1) is 10.1. The third-order valence-corrected chi connectivity index (χ3v) is 6.08. The van der Waals surface area contributed by atoms with Gasteiger partial charge in [0.2, 0.25) is 0 Å². The van der Waals surface area contributed by atoms with Crippen LogP contribution < -0.4 is 10.1 Å². The molecule has 1 spiro atoms. The maximum atomic E-state index is 12.4. The van der Waals surface area contributed by atoms with Crippen LogP contribution in [0.1, 0.15) is 30.4 Å². The second kappa shape index (κ2) is 3.42. The van der Waals surface area contributed by atoms with Crippen LogP contribution in [0.5, 0.6) is 11.5 Å². The zero-order valence-electron chi connectivity index (χ0n) is 11.6. The number of hydrogen-bond acceptors (Lipinski definition) is 5. The molecule has 5 rings (SSSR count). The number of phenols is 1. The van der Waals surface area contributed by atoms with Gasteiger partial charge in [-0.3, -0.25) is 4.79 Å². The molecule has 1 saturated carbocycles. The SMILES string of the molecule is O=C1CCC2(O)[C@H]3Cc4ccc(O)c5c4[C@@]2(CCN3)C1O5. The number of Topliss-reactive ketones (excluding diaryl/α,β-unsaturated/α-hetero) is 1. The van der Waals surface area contributed by atoms with Crippen LogP contribution in [0.3, 0.4) is 0 Å². The van der Waals surface area contributed by atoms with Gasteiger partial charge in [0.15, 0.2) is 23.4 Å². The van der Waals surface area contributed by atoms with Crippen molar-refractivity contribution < 1.29 is 19.7 Å². The van der Waals surface area contributed by atoms with Crippen molar-refractivity contribution in [1.82, 2.24) is 5.32 Å². The van der Waals surface area contributed by atoms with Gasteiger partial charge < -0.3 is 20.3 Å². The van der Waals surface area contributed by atoms with Crippen molar-refractivity contribution in [2.24, 2.45) is 0 Å². The van der Waals surface area contributed by atoms with Gasteiger partial charge in [-0.05, 0) is 37.4 Å². The molecule has 0 radical (unpaired) electrons. The summed E-state index contributed by atoms with van der Waals surface area (Å²) in [7, 11) is 0. The van der Waals surface area contributed by atoms with Crippen LogP contribution >= 0.6 is 0 Å². The lowest BCUT2D eigenvalue weighted by Gasteiger charge is -2.59. The van der Waals surface area contributed by atoms with E-state index in [9.17, 15) is 15.0 Å². The fraction of sp³-hybridized carbons (Fsp3) is 0.562. The number of piperidine rings is 1. The quantitative estimate of drug-likeness (QED) is 0.644. The van der Waals surface area contributed by atoms with Crippen molar-refractivity contribution >= 4 is 5.78 Å². The lowest BCUT2D eigenvalue weighted by Crippen LogP contribution is -2.76. The Morgan fingerprint density at radius 3 is 3.05 bits per heavy atom. The van der Waals surface area contributed by atoms with Crippen molar-refractivity contribution in [3.8, 4) is 11.5 Å². The molecule has 2 aliphatic carbocycles. The van der Waals surface area contributed by atoms with Crippen LogP contribution in [-0.2, 0) is 16.6 Å². The molecule has 1 aromatic carbocycles. The highest BCUT2D eigenvalue weighted by Gasteiger charge is 2.71. The second-order valence-electron chi connectivity index (χ2n) is 6.77. The number of carbonyl (C=O) groups excluding carboxylic acids is 1. The third kappa shape index (κ3) is 1.09. The lowest BCUT2D eigenvalue weighted by molar-refractivity contribution is -0.166. The summed E-state index contributed by atoms with van der Waals surface area (Å²) in [4.78, 5) is 12.4. The standard InChI is InChI=1S/C16H17NO4/c18-9-2-1-8-7-11-16(20)4-3-10(19)14-15(16,5-6-17-11)12(8)13(9)21-14/h1-2,11,14,17-18,20H,3-7H2/t11-,14?,15+,16?/m1/s1. The molecule has 0 amide bonds. The molecular formula is C16H17NO4. The smallest absolute Gasteiger partial charge is 0.174 e. The number of aliphatic hydroxyl groups is 1. The molecule has 2 fully saturated rings. The maximum absolute atomic E-state index is 12.4. The molecule has 2 heterocycles. The Morgan fingerprint density at radius 2 is 2.19 bits per heavy atom. The Balaban J connectivity index is 1.89. The number of hydrogen-bond donors (Lipinski definition) is 3. The molecule has 2 unspecified atom stereocenters. The molecule has 5 heteroatoms. The summed E-state index contributed by atoms with van der Waals surface area (Å²) >= 11 is 0. The van der Waals surface area contributed by atoms with Gasteiger partial charge in [-0.25, -0.2) is 0 Å². The molecule has 2 aliphatic heterocycles. The third-order valence-electron chi connectivity index (χ3n) is 6.08. The number of nitrogens with one attached hydrogen (secondary N) is 1. The van der Waals surface area contributed by atoms with Gasteiger partial charge in [0, 0.05) is 18.0 Å². The molecule has 110 valence electrons. The van der Waals surface area contributed by atoms with E-state index in [0.717, 1.165) is 17.7 Å². The van der Waals surface area contributed by atoms with Crippen LogP contribution in [0.2, 0.25) is 0 Å². The maximum Gasteiger partial charge on any atom is 0.174 e. The van der Waals surface area contributed by atoms with Crippen LogP contribution in [0, 0.1) is 0 Å². The van der Waals surface area contributed by atoms with Crippen LogP contribution in [0.25, 0.3) is 0 Å². The van der Waals surface area contributed by atoms with Crippen molar-refractivity contribution in [2.45, 2.75) is 48.8 Å². The number of phenolic OH excluding ortho intramolecular Hbond substituents is 1. The summed E-state index contributed by atoms with van der Waals surface area (Å²) in [6, 6.07) is 3.49. The molecule has 4 atom stereocenters. The zero-order valence-corrected chi connectivity index (χ0v) is 11.6. The molecule has 3 N–H and O–H groups in total. The van der Waals surface area contributed by atoms with Gasteiger partial charge in [0.05, 0.1) is 11.0 Å². The summed E-state index contributed by atoms with van der Waals surface area (Å²) in [6.45, 7) is 0.759. The molecule has 5 nitrogen and oxygen atoms in total. The number of carbonyl (C=O) groups is 1. The Labute approximate surface area is 121 Å². The molecular weight excluding hydrogens is 270 g/mol. The average Bonchev–Trinajstić information content (AvgIpc) is 2.80. The van der Waals surface area contributed by atoms with E-state index in [-0.39, 0.29) is 17.6 Å². The van der Waals surface area contributed by atoms with Crippen molar-refractivity contribution in [1.29, 1.82) is 0 Å². The Bertz CT molecular complexity index is 687. The van der Waals surface area contributed by atoms with E-state index in [1.807, 2.05) is 6.07 Å². The van der Waals surface area contributed by atoms with E-state index in [1.165, 1.54) is 0 Å². The summed E-state index contributed by atoms with van der Waals surface area (Å²) in [6.07, 6.45) is 1.54. The molecule has 2 bridgehead atoms. The minimum atomic E-state index is -0.962. The van der Waals surface area contributed by atoms with Crippen LogP contribution in [0.15, 0.2) is 12.1 Å². The zero-order chi connectivity index (χ0) is 14.4. The van der Waals surface area contributed by atoms with Crippen LogP contribution in [0.4, 0.5) is 0 Å². The number of aromatic hydroxyl groups is 1. The number of ketones is 1. The van der Waals surface area contributed by atoms with E-state index in [2.05, 4.69) is 5.32 Å². The number of benzene rings is 1. The Morgan fingerprint density at radius 1 is 1.33 bits per heavy atom. The fourth-order valence-electron chi connectivity index (χ4n) is 5.22. The van der Waals surface area contributed by atoms with E-state index < -0.39 is 17.1 Å². The van der Waals surface area contributed by atoms with E-state index >= 15 is 0 Å². The molecule has 0 aromatic heterocycles. The van der Waals surface area contributed by atoms with E-state index in [4.69, 9.17) is 4.74 Å².